The summed E-state index contributed by atoms with van der Waals surface area (Å²) in [6.07, 6.45) is -4.29. The first-order valence-corrected chi connectivity index (χ1v) is 13.1. The Morgan fingerprint density at radius 2 is 1.11 bits per heavy atom. The van der Waals surface area contributed by atoms with Gasteiger partial charge in [0.2, 0.25) is 0 Å². The fourth-order valence-electron chi connectivity index (χ4n) is 6.28. The first kappa shape index (κ1) is 28.9. The van der Waals surface area contributed by atoms with E-state index >= 15 is 0 Å². The minimum Gasteiger partial charge on any atom is -0.486 e. The molecule has 2 aromatic rings. The lowest BCUT2D eigenvalue weighted by atomic mass is 10.0. The van der Waals surface area contributed by atoms with E-state index in [9.17, 15) is 35.7 Å². The van der Waals surface area contributed by atoms with Crippen LogP contribution in [-0.4, -0.2) is 121 Å². The van der Waals surface area contributed by atoms with Gasteiger partial charge in [0, 0.05) is 12.1 Å². The molecule has 2 aliphatic heterocycles. The second-order valence-electron chi connectivity index (χ2n) is 10.3. The van der Waals surface area contributed by atoms with Gasteiger partial charge in [-0.15, -0.1) is 0 Å². The van der Waals surface area contributed by atoms with Crippen molar-refractivity contribution in [3.05, 3.63) is 65.7 Å². The van der Waals surface area contributed by atoms with Gasteiger partial charge in [0.1, 0.15) is 18.0 Å². The summed E-state index contributed by atoms with van der Waals surface area (Å²) in [7, 11) is 0. The molecule has 10 atom stereocenters. The number of nitrogens with zero attached hydrogens (tertiary/aromatic N) is 2. The molecule has 0 aromatic heterocycles. The van der Waals surface area contributed by atoms with E-state index in [2.05, 4.69) is 0 Å². The lowest BCUT2D eigenvalue weighted by Gasteiger charge is -2.35. The lowest BCUT2D eigenvalue weighted by molar-refractivity contribution is 0.0130. The molecule has 2 saturated heterocycles. The molecule has 2 aromatic carbocycles. The molecule has 0 saturated carbocycles. The summed E-state index contributed by atoms with van der Waals surface area (Å²) in [5, 5.41) is 72.2. The van der Waals surface area contributed by atoms with Crippen LogP contribution in [0.1, 0.15) is 37.1 Å². The van der Waals surface area contributed by atoms with E-state index in [1.54, 1.807) is 23.1 Å². The Kier molecular flexibility index (Phi) is 9.40. The highest BCUT2D eigenvalue weighted by Gasteiger charge is 2.51. The van der Waals surface area contributed by atoms with Gasteiger partial charge < -0.3 is 40.5 Å². The summed E-state index contributed by atoms with van der Waals surface area (Å²) >= 11 is 0. The summed E-state index contributed by atoms with van der Waals surface area (Å²) in [5.41, 5.74) is 1.74. The van der Waals surface area contributed by atoms with Gasteiger partial charge in [-0.1, -0.05) is 42.5 Å². The van der Waals surface area contributed by atoms with Crippen molar-refractivity contribution < 1.29 is 40.5 Å². The van der Waals surface area contributed by atoms with Crippen LogP contribution in [0.4, 0.5) is 0 Å². The van der Waals surface area contributed by atoms with Crippen LogP contribution in [0.5, 0.6) is 5.75 Å². The molecule has 10 nitrogen and oxygen atoms in total. The Hall–Kier alpha value is -2.12. The largest absolute Gasteiger partial charge is 0.486 e. The van der Waals surface area contributed by atoms with Crippen molar-refractivity contribution in [3.63, 3.8) is 0 Å². The van der Waals surface area contributed by atoms with Gasteiger partial charge >= 0.3 is 0 Å². The van der Waals surface area contributed by atoms with Gasteiger partial charge in [-0.25, -0.2) is 0 Å². The van der Waals surface area contributed by atoms with E-state index in [4.69, 9.17) is 4.74 Å². The van der Waals surface area contributed by atoms with Crippen molar-refractivity contribution in [2.45, 2.75) is 74.5 Å². The molecule has 0 amide bonds. The zero-order valence-electron chi connectivity index (χ0n) is 21.7. The van der Waals surface area contributed by atoms with Gasteiger partial charge in [0.05, 0.1) is 62.8 Å². The summed E-state index contributed by atoms with van der Waals surface area (Å²) in [6.45, 7) is 2.44. The van der Waals surface area contributed by atoms with Gasteiger partial charge in [0.15, 0.2) is 0 Å². The highest BCUT2D eigenvalue weighted by Crippen LogP contribution is 2.38. The maximum atomic E-state index is 11.2. The van der Waals surface area contributed by atoms with E-state index in [1.165, 1.54) is 0 Å². The molecule has 2 fully saturated rings. The third-order valence-electron chi connectivity index (χ3n) is 8.32. The number of aliphatic hydroxyl groups excluding tert-OH is 7. The quantitative estimate of drug-likeness (QED) is 0.211. The molecule has 0 spiro atoms. The van der Waals surface area contributed by atoms with Crippen molar-refractivity contribution in [1.82, 2.24) is 9.80 Å². The third kappa shape index (κ3) is 5.21. The van der Waals surface area contributed by atoms with Crippen LogP contribution in [0.15, 0.2) is 54.6 Å². The Labute approximate surface area is 223 Å². The second kappa shape index (κ2) is 12.4. The van der Waals surface area contributed by atoms with Gasteiger partial charge in [-0.3, -0.25) is 9.80 Å². The highest BCUT2D eigenvalue weighted by molar-refractivity contribution is 5.32. The monoisotopic (exact) mass is 532 g/mol. The summed E-state index contributed by atoms with van der Waals surface area (Å²) in [4.78, 5) is 3.61. The summed E-state index contributed by atoms with van der Waals surface area (Å²) < 4.78 is 6.26. The molecule has 4 rings (SSSR count). The predicted molar refractivity (Wildman–Crippen MR) is 139 cm³/mol. The second-order valence-corrected chi connectivity index (χ2v) is 10.3. The molecule has 0 aliphatic carbocycles. The molecule has 210 valence electrons. The number of hydrogen-bond donors (Lipinski definition) is 7. The first-order chi connectivity index (χ1) is 18.3. The number of aliphatic hydroxyl groups is 7. The Balaban J connectivity index is 1.58. The fraction of sp³-hybridized carbons (Fsp3) is 0.571. The van der Waals surface area contributed by atoms with Crippen LogP contribution in [0.3, 0.4) is 0 Å². The van der Waals surface area contributed by atoms with Crippen LogP contribution >= 0.6 is 0 Å². The molecule has 10 heteroatoms. The number of hydrogen-bond acceptors (Lipinski definition) is 10. The van der Waals surface area contributed by atoms with E-state index < -0.39 is 54.6 Å². The standard InChI is InChI=1S/C28H40N2O8/c1-16(18-7-4-3-5-8-18)30-23(14-33)27(37)28(24(30)15-34)38-20-10-6-9-19(11-20)17(2)29-21(12-31)25(35)26(36)22(29)13-32/h3-11,16-17,21-28,31-37H,12-15H2,1-2H3. The molecule has 2 aliphatic rings. The zero-order valence-corrected chi connectivity index (χ0v) is 21.7. The third-order valence-corrected chi connectivity index (χ3v) is 8.32. The van der Waals surface area contributed by atoms with E-state index in [0.29, 0.717) is 5.75 Å². The van der Waals surface area contributed by atoms with Crippen LogP contribution < -0.4 is 4.74 Å². The smallest absolute Gasteiger partial charge is 0.144 e. The molecular weight excluding hydrogens is 492 g/mol. The number of likely N-dealkylation sites (tertiary alicyclic amines) is 2. The van der Waals surface area contributed by atoms with Crippen molar-refractivity contribution in [2.75, 3.05) is 26.4 Å². The van der Waals surface area contributed by atoms with Gasteiger partial charge in [0.25, 0.3) is 0 Å². The highest BCUT2D eigenvalue weighted by atomic mass is 16.5. The minimum atomic E-state index is -1.20. The average Bonchev–Trinajstić information content (AvgIpc) is 3.36. The van der Waals surface area contributed by atoms with E-state index in [0.717, 1.165) is 11.1 Å². The maximum Gasteiger partial charge on any atom is 0.144 e. The number of ether oxygens (including phenoxy) is 1. The molecule has 38 heavy (non-hydrogen) atoms. The average molecular weight is 533 g/mol. The predicted octanol–water partition coefficient (Wildman–Crippen LogP) is -0.586. The van der Waals surface area contributed by atoms with Crippen molar-refractivity contribution >= 4 is 0 Å². The van der Waals surface area contributed by atoms with E-state index in [-0.39, 0.29) is 32.5 Å². The zero-order chi connectivity index (χ0) is 27.6. The van der Waals surface area contributed by atoms with E-state index in [1.807, 2.05) is 55.1 Å². The van der Waals surface area contributed by atoms with Gasteiger partial charge in [-0.05, 0) is 37.1 Å². The topological polar surface area (TPSA) is 157 Å². The number of benzene rings is 2. The van der Waals surface area contributed by atoms with Crippen LogP contribution in [-0.2, 0) is 0 Å². The molecule has 10 unspecified atom stereocenters. The van der Waals surface area contributed by atoms with Crippen molar-refractivity contribution in [2.24, 2.45) is 0 Å². The maximum absolute atomic E-state index is 11.2. The van der Waals surface area contributed by atoms with Crippen molar-refractivity contribution in [3.8, 4) is 5.75 Å². The van der Waals surface area contributed by atoms with Crippen LogP contribution in [0.2, 0.25) is 0 Å². The van der Waals surface area contributed by atoms with Gasteiger partial charge in [-0.2, -0.15) is 0 Å². The fourth-order valence-corrected chi connectivity index (χ4v) is 6.28. The van der Waals surface area contributed by atoms with Crippen molar-refractivity contribution in [1.29, 1.82) is 0 Å². The Morgan fingerprint density at radius 3 is 1.66 bits per heavy atom. The Morgan fingerprint density at radius 1 is 0.632 bits per heavy atom. The SMILES string of the molecule is CC(c1cccc(OC2C(O)C(CO)N(C(C)c3ccccc3)C2CO)c1)N1C(CO)C(O)C(O)C1CO. The molecule has 7 N–H and O–H groups in total. The summed E-state index contributed by atoms with van der Waals surface area (Å²) in [6, 6.07) is 13.5. The molecular formula is C28H40N2O8. The van der Waals surface area contributed by atoms with Crippen LogP contribution in [0.25, 0.3) is 0 Å². The molecule has 0 bridgehead atoms. The number of rotatable bonds is 10. The van der Waals surface area contributed by atoms with Crippen LogP contribution in [0, 0.1) is 0 Å². The Bertz CT molecular complexity index is 1010. The molecule has 2 heterocycles. The minimum absolute atomic E-state index is 0.195. The first-order valence-electron chi connectivity index (χ1n) is 13.1. The normalized spacial score (nSPS) is 33.9. The lowest BCUT2D eigenvalue weighted by Crippen LogP contribution is -2.45. The molecule has 0 radical (unpaired) electrons. The summed E-state index contributed by atoms with van der Waals surface area (Å²) in [5.74, 6) is 0.434.